The van der Waals surface area contributed by atoms with Gasteiger partial charge in [-0.05, 0) is 24.1 Å². The molecule has 0 atom stereocenters. The van der Waals surface area contributed by atoms with Crippen LogP contribution in [0.15, 0.2) is 23.7 Å². The van der Waals surface area contributed by atoms with E-state index >= 15 is 0 Å². The third-order valence-corrected chi connectivity index (χ3v) is 3.86. The van der Waals surface area contributed by atoms with E-state index in [0.717, 1.165) is 28.4 Å². The predicted molar refractivity (Wildman–Crippen MR) is 77.2 cm³/mol. The third kappa shape index (κ3) is 2.53. The van der Waals surface area contributed by atoms with Gasteiger partial charge >= 0.3 is 0 Å². The predicted octanol–water partition coefficient (Wildman–Crippen LogP) is 2.22. The van der Waals surface area contributed by atoms with Crippen LogP contribution in [0.4, 0.5) is 17.1 Å². The molecule has 2 heterocycles. The standard InChI is InChI=1S/C13H14N4OS/c14-9-5-8-1-2-12(18)17-10(8)6-11(9)16-7-13-15-3-4-19-13/h3-6,16H,1-2,7,14H2,(H,17,18). The molecule has 6 heteroatoms. The molecule has 1 aromatic carbocycles. The van der Waals surface area contributed by atoms with E-state index in [9.17, 15) is 4.79 Å². The molecular formula is C13H14N4OS. The van der Waals surface area contributed by atoms with Crippen LogP contribution in [0.3, 0.4) is 0 Å². The molecule has 0 saturated carbocycles. The minimum absolute atomic E-state index is 0.0585. The van der Waals surface area contributed by atoms with E-state index in [2.05, 4.69) is 15.6 Å². The Kier molecular flexibility index (Phi) is 3.08. The Balaban J connectivity index is 1.81. The molecule has 0 fully saturated rings. The number of hydrogen-bond acceptors (Lipinski definition) is 5. The van der Waals surface area contributed by atoms with E-state index in [0.29, 0.717) is 18.7 Å². The van der Waals surface area contributed by atoms with Crippen molar-refractivity contribution in [3.63, 3.8) is 0 Å². The molecule has 0 spiro atoms. The van der Waals surface area contributed by atoms with Crippen molar-refractivity contribution in [2.24, 2.45) is 0 Å². The number of anilines is 3. The molecule has 3 rings (SSSR count). The second-order valence-electron chi connectivity index (χ2n) is 4.42. The SMILES string of the molecule is Nc1cc2c(cc1NCc1nccs1)NC(=O)CC2. The highest BCUT2D eigenvalue weighted by Gasteiger charge is 2.16. The maximum Gasteiger partial charge on any atom is 0.224 e. The molecule has 19 heavy (non-hydrogen) atoms. The smallest absolute Gasteiger partial charge is 0.224 e. The molecule has 1 amide bonds. The normalized spacial score (nSPS) is 13.8. The average molecular weight is 274 g/mol. The number of aryl methyl sites for hydroxylation is 1. The molecule has 2 aromatic rings. The van der Waals surface area contributed by atoms with Crippen LogP contribution in [-0.4, -0.2) is 10.9 Å². The van der Waals surface area contributed by atoms with Crippen molar-refractivity contribution in [2.45, 2.75) is 19.4 Å². The van der Waals surface area contributed by atoms with Gasteiger partial charge in [0.1, 0.15) is 5.01 Å². The number of hydrogen-bond donors (Lipinski definition) is 3. The zero-order valence-corrected chi connectivity index (χ0v) is 11.1. The van der Waals surface area contributed by atoms with Gasteiger partial charge in [-0.15, -0.1) is 11.3 Å². The number of nitrogens with two attached hydrogens (primary N) is 1. The number of rotatable bonds is 3. The minimum Gasteiger partial charge on any atom is -0.397 e. The van der Waals surface area contributed by atoms with Crippen LogP contribution < -0.4 is 16.4 Å². The van der Waals surface area contributed by atoms with Gasteiger partial charge < -0.3 is 16.4 Å². The number of nitrogen functional groups attached to an aromatic ring is 1. The highest BCUT2D eigenvalue weighted by Crippen LogP contribution is 2.31. The summed E-state index contributed by atoms with van der Waals surface area (Å²) < 4.78 is 0. The molecular weight excluding hydrogens is 260 g/mol. The van der Waals surface area contributed by atoms with E-state index in [-0.39, 0.29) is 5.91 Å². The summed E-state index contributed by atoms with van der Waals surface area (Å²) in [5.41, 5.74) is 9.50. The summed E-state index contributed by atoms with van der Waals surface area (Å²) in [4.78, 5) is 15.6. The quantitative estimate of drug-likeness (QED) is 0.750. The van der Waals surface area contributed by atoms with Crippen LogP contribution in [0.25, 0.3) is 0 Å². The number of carbonyl (C=O) groups is 1. The van der Waals surface area contributed by atoms with Crippen molar-refractivity contribution in [3.8, 4) is 0 Å². The lowest BCUT2D eigenvalue weighted by Gasteiger charge is -2.19. The Hall–Kier alpha value is -2.08. The molecule has 0 unspecified atom stereocenters. The Morgan fingerprint density at radius 2 is 2.32 bits per heavy atom. The molecule has 1 aromatic heterocycles. The fourth-order valence-corrected chi connectivity index (χ4v) is 2.67. The van der Waals surface area contributed by atoms with Crippen LogP contribution in [-0.2, 0) is 17.8 Å². The Morgan fingerprint density at radius 3 is 3.11 bits per heavy atom. The molecule has 1 aliphatic rings. The Bertz CT molecular complexity index is 609. The van der Waals surface area contributed by atoms with Crippen molar-refractivity contribution < 1.29 is 4.79 Å². The zero-order valence-electron chi connectivity index (χ0n) is 10.3. The van der Waals surface area contributed by atoms with Gasteiger partial charge in [0.05, 0.1) is 17.9 Å². The maximum absolute atomic E-state index is 11.4. The van der Waals surface area contributed by atoms with Crippen molar-refractivity contribution in [3.05, 3.63) is 34.3 Å². The largest absolute Gasteiger partial charge is 0.397 e. The summed E-state index contributed by atoms with van der Waals surface area (Å²) in [6, 6.07) is 3.83. The molecule has 5 nitrogen and oxygen atoms in total. The van der Waals surface area contributed by atoms with Crippen molar-refractivity contribution in [1.29, 1.82) is 0 Å². The van der Waals surface area contributed by atoms with Crippen molar-refractivity contribution in [2.75, 3.05) is 16.4 Å². The first-order valence-electron chi connectivity index (χ1n) is 6.07. The molecule has 98 valence electrons. The minimum atomic E-state index is 0.0585. The first-order chi connectivity index (χ1) is 9.22. The van der Waals surface area contributed by atoms with E-state index in [4.69, 9.17) is 5.73 Å². The van der Waals surface area contributed by atoms with Gasteiger partial charge in [-0.25, -0.2) is 4.98 Å². The van der Waals surface area contributed by atoms with E-state index in [1.807, 2.05) is 17.5 Å². The summed E-state index contributed by atoms with van der Waals surface area (Å²) in [7, 11) is 0. The summed E-state index contributed by atoms with van der Waals surface area (Å²) in [5.74, 6) is 0.0585. The van der Waals surface area contributed by atoms with E-state index in [1.165, 1.54) is 0 Å². The van der Waals surface area contributed by atoms with E-state index in [1.54, 1.807) is 17.5 Å². The second-order valence-corrected chi connectivity index (χ2v) is 5.40. The second kappa shape index (κ2) is 4.89. The highest BCUT2D eigenvalue weighted by molar-refractivity contribution is 7.09. The number of benzene rings is 1. The van der Waals surface area contributed by atoms with Crippen molar-refractivity contribution >= 4 is 34.3 Å². The zero-order chi connectivity index (χ0) is 13.2. The molecule has 0 aliphatic carbocycles. The first-order valence-corrected chi connectivity index (χ1v) is 6.95. The van der Waals surface area contributed by atoms with Gasteiger partial charge in [-0.2, -0.15) is 0 Å². The summed E-state index contributed by atoms with van der Waals surface area (Å²) >= 11 is 1.59. The van der Waals surface area contributed by atoms with Gasteiger partial charge in [0.25, 0.3) is 0 Å². The molecule has 1 aliphatic heterocycles. The number of nitrogens with one attached hydrogen (secondary N) is 2. The van der Waals surface area contributed by atoms with Gasteiger partial charge in [0.15, 0.2) is 0 Å². The first kappa shape index (κ1) is 12.0. The number of fused-ring (bicyclic) bond motifs is 1. The lowest BCUT2D eigenvalue weighted by molar-refractivity contribution is -0.116. The summed E-state index contributed by atoms with van der Waals surface area (Å²) in [6.45, 7) is 0.634. The van der Waals surface area contributed by atoms with Crippen LogP contribution in [0.5, 0.6) is 0 Å². The average Bonchev–Trinajstić information content (AvgIpc) is 2.90. The van der Waals surface area contributed by atoms with Crippen LogP contribution in [0.2, 0.25) is 0 Å². The van der Waals surface area contributed by atoms with Gasteiger partial charge in [0, 0.05) is 23.7 Å². The fraction of sp³-hybridized carbons (Fsp3) is 0.231. The van der Waals surface area contributed by atoms with Crippen LogP contribution in [0.1, 0.15) is 17.0 Å². The maximum atomic E-state index is 11.4. The van der Waals surface area contributed by atoms with Gasteiger partial charge in [0.2, 0.25) is 5.91 Å². The lowest BCUT2D eigenvalue weighted by Crippen LogP contribution is -2.19. The van der Waals surface area contributed by atoms with Gasteiger partial charge in [-0.1, -0.05) is 0 Å². The fourth-order valence-electron chi connectivity index (χ4n) is 2.11. The number of aromatic nitrogens is 1. The van der Waals surface area contributed by atoms with Crippen LogP contribution >= 0.6 is 11.3 Å². The van der Waals surface area contributed by atoms with Gasteiger partial charge in [-0.3, -0.25) is 4.79 Å². The lowest BCUT2D eigenvalue weighted by atomic mass is 10.0. The Labute approximate surface area is 114 Å². The number of nitrogens with zero attached hydrogens (tertiary/aromatic N) is 1. The number of amides is 1. The molecule has 0 saturated heterocycles. The third-order valence-electron chi connectivity index (χ3n) is 3.08. The molecule has 0 radical (unpaired) electrons. The topological polar surface area (TPSA) is 80.0 Å². The summed E-state index contributed by atoms with van der Waals surface area (Å²) in [6.07, 6.45) is 3.05. The number of thiazole rings is 1. The van der Waals surface area contributed by atoms with Crippen molar-refractivity contribution in [1.82, 2.24) is 4.98 Å². The van der Waals surface area contributed by atoms with E-state index < -0.39 is 0 Å². The van der Waals surface area contributed by atoms with Crippen LogP contribution in [0, 0.1) is 0 Å². The Morgan fingerprint density at radius 1 is 1.42 bits per heavy atom. The monoisotopic (exact) mass is 274 g/mol. The highest BCUT2D eigenvalue weighted by atomic mass is 32.1. The number of carbonyl (C=O) groups excluding carboxylic acids is 1. The summed E-state index contributed by atoms with van der Waals surface area (Å²) in [5, 5.41) is 9.06. The molecule has 0 bridgehead atoms. The molecule has 4 N–H and O–H groups in total.